The van der Waals surface area contributed by atoms with Gasteiger partial charge in [0.2, 0.25) is 11.2 Å². The number of hydrogen-bond acceptors (Lipinski definition) is 5. The molecule has 0 atom stereocenters. The van der Waals surface area contributed by atoms with Crippen molar-refractivity contribution in [3.05, 3.63) is 88.2 Å². The molecule has 0 aliphatic carbocycles. The van der Waals surface area contributed by atoms with Gasteiger partial charge < -0.3 is 14.5 Å². The van der Waals surface area contributed by atoms with Crippen LogP contribution >= 0.6 is 11.8 Å². The molecule has 27 heavy (non-hydrogen) atoms. The molecule has 1 heterocycles. The van der Waals surface area contributed by atoms with Gasteiger partial charge in [-0.15, -0.1) is 11.8 Å². The minimum absolute atomic E-state index is 0.0275. The molecule has 0 saturated carbocycles. The van der Waals surface area contributed by atoms with Crippen LogP contribution in [0.2, 0.25) is 0 Å². The summed E-state index contributed by atoms with van der Waals surface area (Å²) in [5.74, 6) is -1.03. The molecule has 1 aromatic heterocycles. The number of halogens is 1. The number of benzene rings is 2. The average molecular weight is 385 g/mol. The highest BCUT2D eigenvalue weighted by molar-refractivity contribution is 7.98. The number of thioether (sulfide) groups is 1. The number of rotatable bonds is 6. The Morgan fingerprint density at radius 1 is 1.19 bits per heavy atom. The van der Waals surface area contributed by atoms with Gasteiger partial charge in [0, 0.05) is 16.6 Å². The maximum atomic E-state index is 12.9. The molecule has 138 valence electrons. The van der Waals surface area contributed by atoms with Crippen LogP contribution in [0.15, 0.2) is 75.0 Å². The highest BCUT2D eigenvalue weighted by Gasteiger charge is 2.13. The predicted octanol–water partition coefficient (Wildman–Crippen LogP) is 4.33. The first-order chi connectivity index (χ1) is 13.0. The van der Waals surface area contributed by atoms with Gasteiger partial charge in [-0.25, -0.2) is 4.39 Å². The van der Waals surface area contributed by atoms with Gasteiger partial charge in [0.1, 0.15) is 18.7 Å². The highest BCUT2D eigenvalue weighted by atomic mass is 32.2. The van der Waals surface area contributed by atoms with Crippen LogP contribution in [0, 0.1) is 5.82 Å². The predicted molar refractivity (Wildman–Crippen MR) is 102 cm³/mol. The number of hydrogen-bond donors (Lipinski definition) is 1. The van der Waals surface area contributed by atoms with E-state index in [0.717, 1.165) is 17.2 Å². The fraction of sp³-hybridized carbons (Fsp3) is 0.100. The van der Waals surface area contributed by atoms with Gasteiger partial charge in [-0.1, -0.05) is 18.2 Å². The third-order valence-electron chi connectivity index (χ3n) is 3.66. The van der Waals surface area contributed by atoms with E-state index in [2.05, 4.69) is 5.32 Å². The van der Waals surface area contributed by atoms with Crippen molar-refractivity contribution in [2.75, 3.05) is 11.6 Å². The molecule has 0 fully saturated rings. The van der Waals surface area contributed by atoms with Crippen molar-refractivity contribution < 1.29 is 18.3 Å². The van der Waals surface area contributed by atoms with Crippen LogP contribution in [-0.4, -0.2) is 12.2 Å². The summed E-state index contributed by atoms with van der Waals surface area (Å²) in [7, 11) is 0. The molecular formula is C20H16FNO4S. The highest BCUT2D eigenvalue weighted by Crippen LogP contribution is 2.19. The Kier molecular flexibility index (Phi) is 5.93. The molecule has 0 aliphatic heterocycles. The second kappa shape index (κ2) is 8.55. The summed E-state index contributed by atoms with van der Waals surface area (Å²) < 4.78 is 23.5. The molecule has 5 nitrogen and oxygen atoms in total. The zero-order chi connectivity index (χ0) is 19.2. The van der Waals surface area contributed by atoms with Gasteiger partial charge in [0.05, 0.1) is 0 Å². The van der Waals surface area contributed by atoms with E-state index < -0.39 is 11.3 Å². The second-order valence-corrected chi connectivity index (χ2v) is 6.45. The summed E-state index contributed by atoms with van der Waals surface area (Å²) >= 11 is 1.55. The molecule has 0 radical (unpaired) electrons. The van der Waals surface area contributed by atoms with E-state index in [-0.39, 0.29) is 23.9 Å². The quantitative estimate of drug-likeness (QED) is 0.640. The molecule has 0 bridgehead atoms. The van der Waals surface area contributed by atoms with Crippen molar-refractivity contribution in [3.8, 4) is 5.75 Å². The first-order valence-electron chi connectivity index (χ1n) is 8.00. The molecule has 7 heteroatoms. The van der Waals surface area contributed by atoms with E-state index >= 15 is 0 Å². The Morgan fingerprint density at radius 2 is 1.96 bits per heavy atom. The molecular weight excluding hydrogens is 369 g/mol. The lowest BCUT2D eigenvalue weighted by Gasteiger charge is -2.07. The van der Waals surface area contributed by atoms with Crippen molar-refractivity contribution in [2.45, 2.75) is 11.5 Å². The van der Waals surface area contributed by atoms with Crippen LogP contribution in [0.4, 0.5) is 10.1 Å². The van der Waals surface area contributed by atoms with Gasteiger partial charge in [-0.3, -0.25) is 9.59 Å². The summed E-state index contributed by atoms with van der Waals surface area (Å²) in [6.07, 6.45) is 3.03. The standard InChI is InChI=1S/C20H16FNO4S/c1-27-16-4-2-3-15(9-16)22-20(24)18-10-17(23)19(12-26-18)25-11-13-5-7-14(21)8-6-13/h2-10,12H,11H2,1H3,(H,22,24). The number of carbonyl (C=O) groups is 1. The summed E-state index contributed by atoms with van der Waals surface area (Å²) in [6.45, 7) is 0.0814. The lowest BCUT2D eigenvalue weighted by molar-refractivity contribution is 0.0993. The molecule has 0 unspecified atom stereocenters. The molecule has 1 amide bonds. The third-order valence-corrected chi connectivity index (χ3v) is 4.38. The van der Waals surface area contributed by atoms with Crippen LogP contribution in [0.1, 0.15) is 16.1 Å². The SMILES string of the molecule is CSc1cccc(NC(=O)c2cc(=O)c(OCc3ccc(F)cc3)co2)c1. The summed E-state index contributed by atoms with van der Waals surface area (Å²) in [5, 5.41) is 2.68. The topological polar surface area (TPSA) is 68.5 Å². The molecule has 2 aromatic carbocycles. The summed E-state index contributed by atoms with van der Waals surface area (Å²) in [5.41, 5.74) is 0.823. The molecule has 3 rings (SSSR count). The van der Waals surface area contributed by atoms with E-state index in [0.29, 0.717) is 11.3 Å². The fourth-order valence-corrected chi connectivity index (χ4v) is 2.72. The van der Waals surface area contributed by atoms with Gasteiger partial charge in [0.15, 0.2) is 5.76 Å². The van der Waals surface area contributed by atoms with E-state index in [9.17, 15) is 14.0 Å². The van der Waals surface area contributed by atoms with E-state index in [1.165, 1.54) is 12.1 Å². The van der Waals surface area contributed by atoms with Crippen molar-refractivity contribution >= 4 is 23.4 Å². The second-order valence-electron chi connectivity index (χ2n) is 5.57. The van der Waals surface area contributed by atoms with Crippen molar-refractivity contribution in [3.63, 3.8) is 0 Å². The first-order valence-corrected chi connectivity index (χ1v) is 9.23. The van der Waals surface area contributed by atoms with Crippen LogP contribution in [0.25, 0.3) is 0 Å². The minimum Gasteiger partial charge on any atom is -0.482 e. The number of ether oxygens (including phenoxy) is 1. The van der Waals surface area contributed by atoms with E-state index in [1.807, 2.05) is 24.5 Å². The largest absolute Gasteiger partial charge is 0.482 e. The molecule has 3 aromatic rings. The molecule has 0 saturated heterocycles. The van der Waals surface area contributed by atoms with Crippen molar-refractivity contribution in [2.24, 2.45) is 0 Å². The maximum absolute atomic E-state index is 12.9. The Hall–Kier alpha value is -3.06. The Balaban J connectivity index is 1.67. The Morgan fingerprint density at radius 3 is 2.67 bits per heavy atom. The minimum atomic E-state index is -0.532. The number of amides is 1. The zero-order valence-corrected chi connectivity index (χ0v) is 15.2. The van der Waals surface area contributed by atoms with Crippen molar-refractivity contribution in [1.29, 1.82) is 0 Å². The van der Waals surface area contributed by atoms with Crippen molar-refractivity contribution in [1.82, 2.24) is 0 Å². The normalized spacial score (nSPS) is 10.4. The number of carbonyl (C=O) groups excluding carboxylic acids is 1. The van der Waals surface area contributed by atoms with Crippen LogP contribution in [0.3, 0.4) is 0 Å². The molecule has 0 spiro atoms. The van der Waals surface area contributed by atoms with Gasteiger partial charge in [-0.2, -0.15) is 0 Å². The van der Waals surface area contributed by atoms with E-state index in [4.69, 9.17) is 9.15 Å². The Bertz CT molecular complexity index is 1000. The van der Waals surface area contributed by atoms with Gasteiger partial charge in [0.25, 0.3) is 5.91 Å². The average Bonchev–Trinajstić information content (AvgIpc) is 2.68. The zero-order valence-electron chi connectivity index (χ0n) is 14.4. The monoisotopic (exact) mass is 385 g/mol. The van der Waals surface area contributed by atoms with Crippen LogP contribution in [-0.2, 0) is 6.61 Å². The third kappa shape index (κ3) is 4.98. The Labute approximate surface area is 159 Å². The van der Waals surface area contributed by atoms with Gasteiger partial charge >= 0.3 is 0 Å². The smallest absolute Gasteiger partial charge is 0.291 e. The lowest BCUT2D eigenvalue weighted by atomic mass is 10.2. The number of nitrogens with one attached hydrogen (secondary N) is 1. The van der Waals surface area contributed by atoms with Crippen LogP contribution < -0.4 is 15.5 Å². The molecule has 0 aliphatic rings. The van der Waals surface area contributed by atoms with Crippen LogP contribution in [0.5, 0.6) is 5.75 Å². The maximum Gasteiger partial charge on any atom is 0.291 e. The number of anilines is 1. The van der Waals surface area contributed by atoms with E-state index in [1.54, 1.807) is 30.0 Å². The fourth-order valence-electron chi connectivity index (χ4n) is 2.26. The first kappa shape index (κ1) is 18.7. The van der Waals surface area contributed by atoms with Gasteiger partial charge in [-0.05, 0) is 42.2 Å². The summed E-state index contributed by atoms with van der Waals surface area (Å²) in [4.78, 5) is 25.4. The summed E-state index contributed by atoms with van der Waals surface area (Å²) in [6, 6.07) is 14.1. The molecule has 1 N–H and O–H groups in total. The lowest BCUT2D eigenvalue weighted by Crippen LogP contribution is -2.15.